The molecule has 0 radical (unpaired) electrons. The first kappa shape index (κ1) is 12.0. The van der Waals surface area contributed by atoms with Gasteiger partial charge in [-0.25, -0.2) is 4.98 Å². The van der Waals surface area contributed by atoms with Crippen LogP contribution in [0.25, 0.3) is 11.0 Å². The molecule has 3 rings (SSSR count). The number of aryl methyl sites for hydroxylation is 1. The maximum Gasteiger partial charge on any atom is 0.134 e. The molecule has 0 aliphatic rings. The molecule has 1 N–H and O–H groups in total. The van der Waals surface area contributed by atoms with E-state index in [9.17, 15) is 5.11 Å². The molecule has 1 aromatic carbocycles. The maximum absolute atomic E-state index is 10.4. The number of hydrogen-bond acceptors (Lipinski definition) is 3. The van der Waals surface area contributed by atoms with Crippen LogP contribution in [0, 0.1) is 0 Å². The van der Waals surface area contributed by atoms with E-state index in [2.05, 4.69) is 11.9 Å². The molecular formula is C15H16N2O2. The zero-order valence-electron chi connectivity index (χ0n) is 10.8. The van der Waals surface area contributed by atoms with Crippen molar-refractivity contribution in [1.82, 2.24) is 9.55 Å². The van der Waals surface area contributed by atoms with E-state index in [1.807, 2.05) is 35.0 Å². The van der Waals surface area contributed by atoms with E-state index >= 15 is 0 Å². The van der Waals surface area contributed by atoms with Crippen molar-refractivity contribution in [3.8, 4) is 0 Å². The molecule has 0 bridgehead atoms. The lowest BCUT2D eigenvalue weighted by Gasteiger charge is -2.10. The highest BCUT2D eigenvalue weighted by molar-refractivity contribution is 5.81. The number of hydrogen-bond donors (Lipinski definition) is 1. The van der Waals surface area contributed by atoms with Crippen LogP contribution in [0.4, 0.5) is 0 Å². The lowest BCUT2D eigenvalue weighted by molar-refractivity contribution is 0.175. The molecule has 2 aromatic heterocycles. The molecule has 0 saturated carbocycles. The summed E-state index contributed by atoms with van der Waals surface area (Å²) >= 11 is 0. The highest BCUT2D eigenvalue weighted by Crippen LogP contribution is 2.28. The molecule has 0 amide bonds. The SMILES string of the molecule is CCn1ccnc1CC(O)c1coc2ccccc12. The third-order valence-electron chi connectivity index (χ3n) is 3.39. The summed E-state index contributed by atoms with van der Waals surface area (Å²) in [7, 11) is 0. The van der Waals surface area contributed by atoms with E-state index in [0.29, 0.717) is 6.42 Å². The molecule has 0 aliphatic heterocycles. The van der Waals surface area contributed by atoms with Gasteiger partial charge in [-0.05, 0) is 13.0 Å². The van der Waals surface area contributed by atoms with E-state index in [1.54, 1.807) is 12.5 Å². The molecule has 4 nitrogen and oxygen atoms in total. The van der Waals surface area contributed by atoms with Crippen LogP contribution in [-0.2, 0) is 13.0 Å². The fourth-order valence-corrected chi connectivity index (χ4v) is 2.36. The highest BCUT2D eigenvalue weighted by atomic mass is 16.3. The Hall–Kier alpha value is -2.07. The Kier molecular flexibility index (Phi) is 3.09. The average molecular weight is 256 g/mol. The van der Waals surface area contributed by atoms with E-state index in [4.69, 9.17) is 4.42 Å². The minimum absolute atomic E-state index is 0.490. The first-order valence-corrected chi connectivity index (χ1v) is 6.43. The van der Waals surface area contributed by atoms with Gasteiger partial charge in [0.05, 0.1) is 12.4 Å². The normalized spacial score (nSPS) is 12.9. The number of imidazole rings is 1. The van der Waals surface area contributed by atoms with Gasteiger partial charge in [0.1, 0.15) is 11.4 Å². The van der Waals surface area contributed by atoms with Crippen LogP contribution in [-0.4, -0.2) is 14.7 Å². The van der Waals surface area contributed by atoms with Crippen molar-refractivity contribution in [3.63, 3.8) is 0 Å². The highest BCUT2D eigenvalue weighted by Gasteiger charge is 2.16. The fraction of sp³-hybridized carbons (Fsp3) is 0.267. The van der Waals surface area contributed by atoms with Crippen molar-refractivity contribution in [1.29, 1.82) is 0 Å². The van der Waals surface area contributed by atoms with E-state index in [-0.39, 0.29) is 0 Å². The largest absolute Gasteiger partial charge is 0.464 e. The van der Waals surface area contributed by atoms with Crippen LogP contribution < -0.4 is 0 Å². The predicted molar refractivity (Wildman–Crippen MR) is 72.8 cm³/mol. The van der Waals surface area contributed by atoms with Gasteiger partial charge in [-0.1, -0.05) is 18.2 Å². The summed E-state index contributed by atoms with van der Waals surface area (Å²) in [4.78, 5) is 4.29. The number of aliphatic hydroxyl groups excluding tert-OH is 1. The van der Waals surface area contributed by atoms with Gasteiger partial charge >= 0.3 is 0 Å². The van der Waals surface area contributed by atoms with Crippen molar-refractivity contribution in [2.75, 3.05) is 0 Å². The molecule has 0 spiro atoms. The third kappa shape index (κ3) is 2.15. The number of furan rings is 1. The summed E-state index contributed by atoms with van der Waals surface area (Å²) in [5.41, 5.74) is 1.62. The maximum atomic E-state index is 10.4. The average Bonchev–Trinajstić information content (AvgIpc) is 3.04. The van der Waals surface area contributed by atoms with Gasteiger partial charge in [-0.2, -0.15) is 0 Å². The molecule has 0 fully saturated rings. The molecule has 0 saturated heterocycles. The Bertz CT molecular complexity index is 684. The summed E-state index contributed by atoms with van der Waals surface area (Å²) in [6, 6.07) is 7.73. The molecule has 2 heterocycles. The topological polar surface area (TPSA) is 51.2 Å². The Labute approximate surface area is 111 Å². The van der Waals surface area contributed by atoms with Gasteiger partial charge in [-0.15, -0.1) is 0 Å². The Morgan fingerprint density at radius 2 is 2.21 bits per heavy atom. The first-order chi connectivity index (χ1) is 9.29. The number of para-hydroxylation sites is 1. The van der Waals surface area contributed by atoms with Crippen LogP contribution in [0.3, 0.4) is 0 Å². The lowest BCUT2D eigenvalue weighted by atomic mass is 10.1. The van der Waals surface area contributed by atoms with Crippen molar-refractivity contribution in [2.24, 2.45) is 0 Å². The number of benzene rings is 1. The predicted octanol–water partition coefficient (Wildman–Crippen LogP) is 2.93. The van der Waals surface area contributed by atoms with Crippen LogP contribution in [0.15, 0.2) is 47.3 Å². The standard InChI is InChI=1S/C15H16N2O2/c1-2-17-8-7-16-15(17)9-13(18)12-10-19-14-6-4-3-5-11(12)14/h3-8,10,13,18H,2,9H2,1H3. The van der Waals surface area contributed by atoms with Gasteiger partial charge in [-0.3, -0.25) is 0 Å². The third-order valence-corrected chi connectivity index (χ3v) is 3.39. The quantitative estimate of drug-likeness (QED) is 0.780. The molecule has 1 unspecified atom stereocenters. The summed E-state index contributed by atoms with van der Waals surface area (Å²) in [6.45, 7) is 2.92. The Morgan fingerprint density at radius 3 is 3.05 bits per heavy atom. The summed E-state index contributed by atoms with van der Waals surface area (Å²) in [6.07, 6.45) is 5.21. The van der Waals surface area contributed by atoms with Gasteiger partial charge in [0, 0.05) is 36.3 Å². The van der Waals surface area contributed by atoms with Crippen molar-refractivity contribution in [2.45, 2.75) is 26.0 Å². The zero-order valence-corrected chi connectivity index (χ0v) is 10.8. The Balaban J connectivity index is 1.90. The minimum atomic E-state index is -0.601. The van der Waals surface area contributed by atoms with E-state index in [1.165, 1.54) is 0 Å². The molecular weight excluding hydrogens is 240 g/mol. The monoisotopic (exact) mass is 256 g/mol. The van der Waals surface area contributed by atoms with Gasteiger partial charge in [0.25, 0.3) is 0 Å². The molecule has 1 atom stereocenters. The summed E-state index contributed by atoms with van der Waals surface area (Å²) in [5, 5.41) is 11.3. The molecule has 98 valence electrons. The van der Waals surface area contributed by atoms with Crippen molar-refractivity contribution >= 4 is 11.0 Å². The van der Waals surface area contributed by atoms with Crippen molar-refractivity contribution in [3.05, 3.63) is 54.3 Å². The second kappa shape index (κ2) is 4.90. The first-order valence-electron chi connectivity index (χ1n) is 6.43. The van der Waals surface area contributed by atoms with Crippen LogP contribution in [0.1, 0.15) is 24.4 Å². The fourth-order valence-electron chi connectivity index (χ4n) is 2.36. The van der Waals surface area contributed by atoms with Gasteiger partial charge in [0.2, 0.25) is 0 Å². The number of aliphatic hydroxyl groups is 1. The van der Waals surface area contributed by atoms with E-state index in [0.717, 1.165) is 28.9 Å². The summed E-state index contributed by atoms with van der Waals surface area (Å²) in [5.74, 6) is 0.889. The number of nitrogens with zero attached hydrogens (tertiary/aromatic N) is 2. The molecule has 4 heteroatoms. The number of rotatable bonds is 4. The molecule has 19 heavy (non-hydrogen) atoms. The van der Waals surface area contributed by atoms with Crippen molar-refractivity contribution < 1.29 is 9.52 Å². The molecule has 0 aliphatic carbocycles. The Morgan fingerprint density at radius 1 is 1.37 bits per heavy atom. The zero-order chi connectivity index (χ0) is 13.2. The number of aromatic nitrogens is 2. The number of fused-ring (bicyclic) bond motifs is 1. The van der Waals surface area contributed by atoms with Crippen LogP contribution >= 0.6 is 0 Å². The second-order valence-electron chi connectivity index (χ2n) is 4.54. The van der Waals surface area contributed by atoms with Gasteiger partial charge in [0.15, 0.2) is 0 Å². The van der Waals surface area contributed by atoms with Crippen LogP contribution in [0.5, 0.6) is 0 Å². The lowest BCUT2D eigenvalue weighted by Crippen LogP contribution is -2.07. The smallest absolute Gasteiger partial charge is 0.134 e. The minimum Gasteiger partial charge on any atom is -0.464 e. The van der Waals surface area contributed by atoms with E-state index < -0.39 is 6.10 Å². The van der Waals surface area contributed by atoms with Crippen LogP contribution in [0.2, 0.25) is 0 Å². The summed E-state index contributed by atoms with van der Waals surface area (Å²) < 4.78 is 7.49. The van der Waals surface area contributed by atoms with Gasteiger partial charge < -0.3 is 14.1 Å². The molecule has 3 aromatic rings. The second-order valence-corrected chi connectivity index (χ2v) is 4.54.